The summed E-state index contributed by atoms with van der Waals surface area (Å²) in [5, 5.41) is 3.94. The Hall–Kier alpha value is -2.71. The predicted molar refractivity (Wildman–Crippen MR) is 114 cm³/mol. The number of fused-ring (bicyclic) bond motifs is 1. The highest BCUT2D eigenvalue weighted by molar-refractivity contribution is 7.18. The van der Waals surface area contributed by atoms with Crippen LogP contribution in [0.1, 0.15) is 4.88 Å². The zero-order chi connectivity index (χ0) is 19.5. The molecule has 0 spiro atoms. The fourth-order valence-electron chi connectivity index (χ4n) is 3.34. The second kappa shape index (κ2) is 8.12. The average Bonchev–Trinajstić information content (AvgIpc) is 3.09. The largest absolute Gasteiger partial charge is 0.378 e. The van der Waals surface area contributed by atoms with E-state index in [4.69, 9.17) is 4.74 Å². The van der Waals surface area contributed by atoms with E-state index in [2.05, 4.69) is 26.3 Å². The quantitative estimate of drug-likeness (QED) is 0.714. The summed E-state index contributed by atoms with van der Waals surface area (Å²) in [6.07, 6.45) is 1.55. The van der Waals surface area contributed by atoms with Crippen molar-refractivity contribution in [1.82, 2.24) is 9.97 Å². The summed E-state index contributed by atoms with van der Waals surface area (Å²) in [4.78, 5) is 27.4. The summed E-state index contributed by atoms with van der Waals surface area (Å²) >= 11 is 1.63. The number of ether oxygens (including phenoxy) is 1. The Morgan fingerprint density at radius 1 is 1.25 bits per heavy atom. The van der Waals surface area contributed by atoms with Crippen molar-refractivity contribution in [1.29, 1.82) is 0 Å². The monoisotopic (exact) mass is 397 g/mol. The number of nitrogens with zero attached hydrogens (tertiary/aromatic N) is 4. The zero-order valence-corrected chi connectivity index (χ0v) is 16.8. The van der Waals surface area contributed by atoms with Gasteiger partial charge in [-0.3, -0.25) is 4.79 Å². The lowest BCUT2D eigenvalue weighted by molar-refractivity contribution is -0.114. The van der Waals surface area contributed by atoms with Crippen molar-refractivity contribution < 1.29 is 9.53 Å². The third kappa shape index (κ3) is 4.07. The lowest BCUT2D eigenvalue weighted by Gasteiger charge is -2.28. The highest BCUT2D eigenvalue weighted by Gasteiger charge is 2.15. The maximum absolute atomic E-state index is 12.5. The fraction of sp³-hybridized carbons (Fsp3) is 0.350. The first-order chi connectivity index (χ1) is 13.6. The van der Waals surface area contributed by atoms with E-state index in [0.717, 1.165) is 53.7 Å². The van der Waals surface area contributed by atoms with Gasteiger partial charge in [0.2, 0.25) is 5.91 Å². The first kappa shape index (κ1) is 18.6. The molecule has 1 N–H and O–H groups in total. The number of rotatable bonds is 5. The number of hydrogen-bond acceptors (Lipinski definition) is 7. The van der Waals surface area contributed by atoms with Crippen LogP contribution in [0.15, 0.2) is 36.7 Å². The van der Waals surface area contributed by atoms with Crippen molar-refractivity contribution in [2.24, 2.45) is 0 Å². The number of carbonyl (C=O) groups is 1. The Labute approximate surface area is 168 Å². The molecule has 1 amide bonds. The van der Waals surface area contributed by atoms with Gasteiger partial charge in [0.05, 0.1) is 25.1 Å². The summed E-state index contributed by atoms with van der Waals surface area (Å²) in [5.74, 6) is 0.688. The minimum atomic E-state index is -0.0830. The number of hydrogen-bond donors (Lipinski definition) is 1. The normalized spacial score (nSPS) is 14.3. The Balaban J connectivity index is 1.39. The maximum Gasteiger partial charge on any atom is 0.243 e. The van der Waals surface area contributed by atoms with Gasteiger partial charge in [-0.1, -0.05) is 0 Å². The van der Waals surface area contributed by atoms with E-state index >= 15 is 0 Å². The molecule has 28 heavy (non-hydrogen) atoms. The van der Waals surface area contributed by atoms with Crippen LogP contribution in [0, 0.1) is 6.92 Å². The van der Waals surface area contributed by atoms with Crippen molar-refractivity contribution in [3.05, 3.63) is 41.5 Å². The number of nitrogens with one attached hydrogen (secondary N) is 1. The molecule has 0 unspecified atom stereocenters. The molecule has 146 valence electrons. The topological polar surface area (TPSA) is 70.6 Å². The molecular weight excluding hydrogens is 374 g/mol. The minimum Gasteiger partial charge on any atom is -0.378 e. The summed E-state index contributed by atoms with van der Waals surface area (Å²) < 4.78 is 5.39. The van der Waals surface area contributed by atoms with E-state index in [0.29, 0.717) is 0 Å². The molecule has 8 heteroatoms. The number of thiophene rings is 1. The molecule has 1 aliphatic heterocycles. The van der Waals surface area contributed by atoms with Gasteiger partial charge in [-0.2, -0.15) is 0 Å². The third-order valence-electron chi connectivity index (χ3n) is 4.70. The first-order valence-corrected chi connectivity index (χ1v) is 10.1. The van der Waals surface area contributed by atoms with E-state index in [1.165, 1.54) is 4.88 Å². The number of morpholine rings is 1. The molecular formula is C20H23N5O2S. The van der Waals surface area contributed by atoms with Crippen LogP contribution in [-0.4, -0.2) is 55.8 Å². The maximum atomic E-state index is 12.5. The van der Waals surface area contributed by atoms with Gasteiger partial charge in [-0.25, -0.2) is 9.97 Å². The molecule has 3 heterocycles. The molecule has 1 saturated heterocycles. The van der Waals surface area contributed by atoms with Crippen molar-refractivity contribution in [3.63, 3.8) is 0 Å². The molecule has 4 rings (SSSR count). The van der Waals surface area contributed by atoms with Crippen molar-refractivity contribution in [3.8, 4) is 0 Å². The fourth-order valence-corrected chi connectivity index (χ4v) is 4.18. The van der Waals surface area contributed by atoms with Crippen molar-refractivity contribution in [2.45, 2.75) is 6.92 Å². The summed E-state index contributed by atoms with van der Waals surface area (Å²) in [6, 6.07) is 10.0. The number of aromatic nitrogens is 2. The van der Waals surface area contributed by atoms with Gasteiger partial charge in [-0.15, -0.1) is 11.3 Å². The average molecular weight is 398 g/mol. The molecule has 1 aromatic carbocycles. The number of aryl methyl sites for hydroxylation is 1. The van der Waals surface area contributed by atoms with E-state index in [1.54, 1.807) is 17.7 Å². The molecule has 1 fully saturated rings. The second-order valence-corrected chi connectivity index (χ2v) is 8.06. The molecule has 2 aromatic heterocycles. The molecule has 0 atom stereocenters. The van der Waals surface area contributed by atoms with Crippen LogP contribution in [0.25, 0.3) is 10.2 Å². The van der Waals surface area contributed by atoms with Crippen LogP contribution < -0.4 is 15.1 Å². The standard InChI is InChI=1S/C20H23N5O2S/c1-14-11-17-19(21-13-22-20(17)28-14)24(2)12-18(26)23-15-3-5-16(6-4-15)25-7-9-27-10-8-25/h3-6,11,13H,7-10,12H2,1-2H3,(H,23,26). The Morgan fingerprint density at radius 3 is 2.75 bits per heavy atom. The van der Waals surface area contributed by atoms with Gasteiger partial charge >= 0.3 is 0 Å². The van der Waals surface area contributed by atoms with Gasteiger partial charge in [-0.05, 0) is 37.3 Å². The number of amides is 1. The summed E-state index contributed by atoms with van der Waals surface area (Å²) in [7, 11) is 1.87. The van der Waals surface area contributed by atoms with Crippen LogP contribution in [0.4, 0.5) is 17.2 Å². The highest BCUT2D eigenvalue weighted by atomic mass is 32.1. The summed E-state index contributed by atoms with van der Waals surface area (Å²) in [5.41, 5.74) is 1.93. The van der Waals surface area contributed by atoms with Crippen LogP contribution >= 0.6 is 11.3 Å². The Kier molecular flexibility index (Phi) is 5.40. The van der Waals surface area contributed by atoms with Crippen molar-refractivity contribution in [2.75, 3.05) is 55.0 Å². The molecule has 0 aliphatic carbocycles. The van der Waals surface area contributed by atoms with Crippen LogP contribution in [0.3, 0.4) is 0 Å². The van der Waals surface area contributed by atoms with Gasteiger partial charge in [0.15, 0.2) is 0 Å². The first-order valence-electron chi connectivity index (χ1n) is 9.25. The van der Waals surface area contributed by atoms with Crippen LogP contribution in [0.5, 0.6) is 0 Å². The number of carbonyl (C=O) groups excluding carboxylic acids is 1. The van der Waals surface area contributed by atoms with E-state index in [9.17, 15) is 4.79 Å². The van der Waals surface area contributed by atoms with Gasteiger partial charge in [0.25, 0.3) is 0 Å². The number of benzene rings is 1. The van der Waals surface area contributed by atoms with E-state index in [1.807, 2.05) is 43.1 Å². The van der Waals surface area contributed by atoms with Gasteiger partial charge in [0, 0.05) is 36.4 Å². The Bertz CT molecular complexity index is 966. The van der Waals surface area contributed by atoms with Gasteiger partial charge < -0.3 is 19.9 Å². The smallest absolute Gasteiger partial charge is 0.243 e. The van der Waals surface area contributed by atoms with Crippen molar-refractivity contribution >= 4 is 44.7 Å². The van der Waals surface area contributed by atoms with Crippen LogP contribution in [0.2, 0.25) is 0 Å². The summed E-state index contributed by atoms with van der Waals surface area (Å²) in [6.45, 7) is 5.56. The molecule has 0 saturated carbocycles. The lowest BCUT2D eigenvalue weighted by atomic mass is 10.2. The Morgan fingerprint density at radius 2 is 2.00 bits per heavy atom. The number of likely N-dealkylation sites (N-methyl/N-ethyl adjacent to an activating group) is 1. The third-order valence-corrected chi connectivity index (χ3v) is 5.66. The molecule has 0 bridgehead atoms. The molecule has 7 nitrogen and oxygen atoms in total. The zero-order valence-electron chi connectivity index (χ0n) is 16.0. The van der Waals surface area contributed by atoms with Gasteiger partial charge in [0.1, 0.15) is 17.0 Å². The lowest BCUT2D eigenvalue weighted by Crippen LogP contribution is -2.36. The predicted octanol–water partition coefficient (Wildman–Crippen LogP) is 2.91. The SMILES string of the molecule is Cc1cc2c(N(C)CC(=O)Nc3ccc(N4CCOCC4)cc3)ncnc2s1. The minimum absolute atomic E-state index is 0.0830. The van der Waals surface area contributed by atoms with Crippen LogP contribution in [-0.2, 0) is 9.53 Å². The van der Waals surface area contributed by atoms with E-state index < -0.39 is 0 Å². The molecule has 0 radical (unpaired) electrons. The second-order valence-electron chi connectivity index (χ2n) is 6.82. The number of anilines is 3. The molecule has 3 aromatic rings. The highest BCUT2D eigenvalue weighted by Crippen LogP contribution is 2.29. The molecule has 1 aliphatic rings. The van der Waals surface area contributed by atoms with E-state index in [-0.39, 0.29) is 12.5 Å².